The SMILES string of the molecule is Cc1cnc(F)c([C@@H](C)OC(=O)Nc2c(-c3ccc(NC(=O)c4ccc(C56CC(C5)C6)cc4)cn3)nnn2C)c1. The normalized spacial score (nSPS) is 19.6. The standard InChI is InChI=1S/C29H28FN7O3/c1-16-10-22(25(30)32-14-16)17(2)40-28(39)34-26-24(35-36-37(26)3)23-9-8-21(15-31-23)33-27(38)19-4-6-20(7-5-19)29-11-18(12-29)13-29/h4-10,14-15,17-18H,11-13H2,1-3H3,(H,33,38)(H,34,39)/t17-,18?,29?/m1/s1. The first kappa shape index (κ1) is 25.6. The first-order valence-corrected chi connectivity index (χ1v) is 13.1. The van der Waals surface area contributed by atoms with Gasteiger partial charge in [0.1, 0.15) is 6.10 Å². The fourth-order valence-corrected chi connectivity index (χ4v) is 5.50. The van der Waals surface area contributed by atoms with Crippen LogP contribution < -0.4 is 10.6 Å². The van der Waals surface area contributed by atoms with Crippen LogP contribution >= 0.6 is 0 Å². The van der Waals surface area contributed by atoms with Crippen molar-refractivity contribution < 1.29 is 18.7 Å². The molecule has 10 nitrogen and oxygen atoms in total. The number of nitrogens with one attached hydrogen (secondary N) is 2. The quantitative estimate of drug-likeness (QED) is 0.303. The highest BCUT2D eigenvalue weighted by Gasteiger charge is 2.57. The number of amides is 2. The monoisotopic (exact) mass is 541 g/mol. The molecule has 0 spiro atoms. The molecule has 3 aliphatic rings. The Labute approximate surface area is 230 Å². The lowest BCUT2D eigenvalue weighted by atomic mass is 9.42. The maximum Gasteiger partial charge on any atom is 0.413 e. The molecule has 3 aromatic heterocycles. The number of carbonyl (C=O) groups excluding carboxylic acids is 2. The van der Waals surface area contributed by atoms with E-state index in [1.807, 2.05) is 12.1 Å². The van der Waals surface area contributed by atoms with Gasteiger partial charge in [-0.3, -0.25) is 15.1 Å². The third-order valence-electron chi connectivity index (χ3n) is 7.83. The predicted octanol–water partition coefficient (Wildman–Crippen LogP) is 5.33. The minimum absolute atomic E-state index is 0.170. The number of nitrogens with zero attached hydrogens (tertiary/aromatic N) is 5. The summed E-state index contributed by atoms with van der Waals surface area (Å²) in [6, 6.07) is 12.8. The summed E-state index contributed by atoms with van der Waals surface area (Å²) in [5, 5.41) is 13.6. The fourth-order valence-electron chi connectivity index (χ4n) is 5.50. The van der Waals surface area contributed by atoms with Crippen LogP contribution in [0.5, 0.6) is 0 Å². The smallest absolute Gasteiger partial charge is 0.413 e. The Morgan fingerprint density at radius 2 is 1.82 bits per heavy atom. The van der Waals surface area contributed by atoms with E-state index in [0.717, 1.165) is 11.5 Å². The first-order chi connectivity index (χ1) is 19.2. The molecule has 1 atom stereocenters. The summed E-state index contributed by atoms with van der Waals surface area (Å²) in [6.07, 6.45) is 5.02. The minimum Gasteiger partial charge on any atom is -0.441 e. The molecule has 0 aliphatic heterocycles. The van der Waals surface area contributed by atoms with Gasteiger partial charge in [0, 0.05) is 24.4 Å². The molecule has 204 valence electrons. The van der Waals surface area contributed by atoms with Crippen molar-refractivity contribution in [1.82, 2.24) is 25.0 Å². The lowest BCUT2D eigenvalue weighted by Gasteiger charge is -2.62. The molecular formula is C29H28FN7O3. The molecule has 0 radical (unpaired) electrons. The van der Waals surface area contributed by atoms with Gasteiger partial charge in [-0.2, -0.15) is 4.39 Å². The Morgan fingerprint density at radius 1 is 1.07 bits per heavy atom. The molecule has 0 saturated heterocycles. The molecule has 0 unspecified atom stereocenters. The average molecular weight is 542 g/mol. The Balaban J connectivity index is 1.10. The summed E-state index contributed by atoms with van der Waals surface area (Å²) in [5.41, 5.74) is 4.41. The zero-order chi connectivity index (χ0) is 28.0. The van der Waals surface area contributed by atoms with Gasteiger partial charge in [-0.1, -0.05) is 17.3 Å². The van der Waals surface area contributed by atoms with Crippen LogP contribution in [-0.2, 0) is 17.2 Å². The van der Waals surface area contributed by atoms with Gasteiger partial charge in [0.05, 0.1) is 17.6 Å². The van der Waals surface area contributed by atoms with E-state index in [0.29, 0.717) is 28.1 Å². The van der Waals surface area contributed by atoms with Crippen LogP contribution in [0.15, 0.2) is 54.9 Å². The highest BCUT2D eigenvalue weighted by Crippen LogP contribution is 2.65. The van der Waals surface area contributed by atoms with Crippen molar-refractivity contribution in [3.8, 4) is 11.4 Å². The van der Waals surface area contributed by atoms with Crippen molar-refractivity contribution in [2.75, 3.05) is 10.6 Å². The number of hydrogen-bond donors (Lipinski definition) is 2. The van der Waals surface area contributed by atoms with E-state index in [1.54, 1.807) is 39.1 Å². The Bertz CT molecular complexity index is 1580. The maximum atomic E-state index is 14.1. The van der Waals surface area contributed by atoms with Gasteiger partial charge in [0.25, 0.3) is 5.91 Å². The van der Waals surface area contributed by atoms with E-state index in [9.17, 15) is 14.0 Å². The number of aromatic nitrogens is 5. The van der Waals surface area contributed by atoms with Crippen LogP contribution in [0.2, 0.25) is 0 Å². The Hall–Kier alpha value is -4.67. The molecule has 3 saturated carbocycles. The number of hydrogen-bond acceptors (Lipinski definition) is 7. The second kappa shape index (κ2) is 9.82. The summed E-state index contributed by atoms with van der Waals surface area (Å²) in [6.45, 7) is 3.33. The molecule has 4 aromatic rings. The number of halogens is 1. The number of benzene rings is 1. The van der Waals surface area contributed by atoms with Gasteiger partial charge < -0.3 is 10.1 Å². The molecule has 3 heterocycles. The van der Waals surface area contributed by atoms with Crippen LogP contribution in [0.3, 0.4) is 0 Å². The Morgan fingerprint density at radius 3 is 2.48 bits per heavy atom. The first-order valence-electron chi connectivity index (χ1n) is 13.1. The van der Waals surface area contributed by atoms with Gasteiger partial charge in [-0.05, 0) is 85.9 Å². The third kappa shape index (κ3) is 4.67. The molecule has 11 heteroatoms. The summed E-state index contributed by atoms with van der Waals surface area (Å²) < 4.78 is 20.8. The lowest BCUT2D eigenvalue weighted by molar-refractivity contribution is -0.0274. The summed E-state index contributed by atoms with van der Waals surface area (Å²) in [5.74, 6) is 0.218. The molecule has 1 aromatic carbocycles. The number of ether oxygens (including phenoxy) is 1. The lowest BCUT2D eigenvalue weighted by Crippen LogP contribution is -2.55. The van der Waals surface area contributed by atoms with E-state index >= 15 is 0 Å². The van der Waals surface area contributed by atoms with Crippen molar-refractivity contribution in [1.29, 1.82) is 0 Å². The topological polar surface area (TPSA) is 124 Å². The number of aryl methyl sites for hydroxylation is 2. The van der Waals surface area contributed by atoms with E-state index in [4.69, 9.17) is 4.74 Å². The largest absolute Gasteiger partial charge is 0.441 e. The van der Waals surface area contributed by atoms with E-state index in [2.05, 4.69) is 43.0 Å². The number of anilines is 2. The second-order valence-electron chi connectivity index (χ2n) is 10.7. The maximum absolute atomic E-state index is 14.1. The van der Waals surface area contributed by atoms with Gasteiger partial charge in [0.15, 0.2) is 11.5 Å². The van der Waals surface area contributed by atoms with E-state index < -0.39 is 18.1 Å². The molecule has 3 aliphatic carbocycles. The molecule has 2 N–H and O–H groups in total. The number of rotatable bonds is 7. The van der Waals surface area contributed by atoms with Crippen LogP contribution in [-0.4, -0.2) is 37.0 Å². The van der Waals surface area contributed by atoms with Crippen molar-refractivity contribution >= 4 is 23.5 Å². The molecule has 2 amide bonds. The average Bonchev–Trinajstić information content (AvgIpc) is 3.24. The molecular weight excluding hydrogens is 513 g/mol. The zero-order valence-corrected chi connectivity index (χ0v) is 22.3. The van der Waals surface area contributed by atoms with Crippen molar-refractivity contribution in [2.45, 2.75) is 44.6 Å². The third-order valence-corrected chi connectivity index (χ3v) is 7.83. The minimum atomic E-state index is -0.877. The molecule has 3 fully saturated rings. The predicted molar refractivity (Wildman–Crippen MR) is 145 cm³/mol. The molecule has 2 bridgehead atoms. The highest BCUT2D eigenvalue weighted by atomic mass is 19.1. The highest BCUT2D eigenvalue weighted by molar-refractivity contribution is 6.04. The van der Waals surface area contributed by atoms with Crippen LogP contribution in [0.4, 0.5) is 20.7 Å². The van der Waals surface area contributed by atoms with Crippen molar-refractivity contribution in [2.24, 2.45) is 13.0 Å². The van der Waals surface area contributed by atoms with Gasteiger partial charge >= 0.3 is 6.09 Å². The number of carbonyl (C=O) groups is 2. The van der Waals surface area contributed by atoms with Gasteiger partial charge in [-0.25, -0.2) is 14.5 Å². The fraction of sp³-hybridized carbons (Fsp3) is 0.310. The summed E-state index contributed by atoms with van der Waals surface area (Å²) >= 11 is 0. The van der Waals surface area contributed by atoms with E-state index in [1.165, 1.54) is 41.9 Å². The van der Waals surface area contributed by atoms with E-state index in [-0.39, 0.29) is 17.3 Å². The summed E-state index contributed by atoms with van der Waals surface area (Å²) in [4.78, 5) is 33.5. The van der Waals surface area contributed by atoms with Gasteiger partial charge in [-0.15, -0.1) is 5.10 Å². The number of pyridine rings is 2. The molecule has 7 rings (SSSR count). The zero-order valence-electron chi connectivity index (χ0n) is 22.3. The van der Waals surface area contributed by atoms with Crippen molar-refractivity contribution in [3.63, 3.8) is 0 Å². The van der Waals surface area contributed by atoms with Crippen LogP contribution in [0.1, 0.15) is 59.3 Å². The summed E-state index contributed by atoms with van der Waals surface area (Å²) in [7, 11) is 1.60. The molecule has 40 heavy (non-hydrogen) atoms. The van der Waals surface area contributed by atoms with Gasteiger partial charge in [0.2, 0.25) is 5.95 Å². The Kier molecular flexibility index (Phi) is 6.28. The van der Waals surface area contributed by atoms with Crippen LogP contribution in [0, 0.1) is 18.8 Å². The van der Waals surface area contributed by atoms with Crippen molar-refractivity contribution in [3.05, 3.63) is 83.1 Å². The second-order valence-corrected chi connectivity index (χ2v) is 10.7. The van der Waals surface area contributed by atoms with Crippen LogP contribution in [0.25, 0.3) is 11.4 Å².